The Bertz CT molecular complexity index is 1180. The summed E-state index contributed by atoms with van der Waals surface area (Å²) in [7, 11) is 1.22. The third kappa shape index (κ3) is 11.4. The van der Waals surface area contributed by atoms with Gasteiger partial charge >= 0.3 is 12.2 Å². The Morgan fingerprint density at radius 3 is 1.75 bits per heavy atom. The second-order valence-electron chi connectivity index (χ2n) is 13.1. The van der Waals surface area contributed by atoms with Crippen molar-refractivity contribution in [1.29, 1.82) is 0 Å². The molecule has 44 heavy (non-hydrogen) atoms. The molecule has 6 N–H and O–H groups in total. The largest absolute Gasteiger partial charge is 0.465 e. The quantitative estimate of drug-likeness (QED) is 0.189. The SMILES string of the molecule is COC(=O)NC(C(=O)N[C@@H](Cc1ccccc1)[C@H](O)CNC[C@@H](O)[C@H](Cc1ccccc1)N(C(=O)O)C(C)(C)C)C(C)(C)C. The van der Waals surface area contributed by atoms with Crippen LogP contribution >= 0.6 is 0 Å². The number of carbonyl (C=O) groups excluding carboxylic acids is 2. The van der Waals surface area contributed by atoms with Gasteiger partial charge in [0.25, 0.3) is 0 Å². The average molecular weight is 615 g/mol. The highest BCUT2D eigenvalue weighted by Gasteiger charge is 2.38. The van der Waals surface area contributed by atoms with Crippen molar-refractivity contribution >= 4 is 18.1 Å². The molecule has 0 spiro atoms. The first-order chi connectivity index (χ1) is 20.5. The van der Waals surface area contributed by atoms with Gasteiger partial charge in [0, 0.05) is 18.6 Å². The van der Waals surface area contributed by atoms with Crippen molar-refractivity contribution in [3.8, 4) is 0 Å². The minimum atomic E-state index is -1.14. The van der Waals surface area contributed by atoms with Gasteiger partial charge in [-0.05, 0) is 50.2 Å². The lowest BCUT2D eigenvalue weighted by Crippen LogP contribution is -2.59. The molecule has 0 aromatic heterocycles. The van der Waals surface area contributed by atoms with E-state index < -0.39 is 59.4 Å². The zero-order valence-electron chi connectivity index (χ0n) is 26.9. The number of hydrogen-bond acceptors (Lipinski definition) is 7. The molecule has 0 bridgehead atoms. The smallest absolute Gasteiger partial charge is 0.408 e. The van der Waals surface area contributed by atoms with Crippen LogP contribution in [0.4, 0.5) is 9.59 Å². The number of alkyl carbamates (subject to hydrolysis) is 1. The van der Waals surface area contributed by atoms with E-state index in [1.165, 1.54) is 12.0 Å². The first-order valence-corrected chi connectivity index (χ1v) is 14.9. The first-order valence-electron chi connectivity index (χ1n) is 14.9. The summed E-state index contributed by atoms with van der Waals surface area (Å²) in [6, 6.07) is 16.3. The summed E-state index contributed by atoms with van der Waals surface area (Å²) in [6.07, 6.45) is -3.47. The molecule has 0 fully saturated rings. The number of methoxy groups -OCH3 is 1. The second kappa shape index (κ2) is 16.4. The molecule has 0 aliphatic heterocycles. The van der Waals surface area contributed by atoms with Gasteiger partial charge in [0.15, 0.2) is 0 Å². The van der Waals surface area contributed by atoms with Crippen LogP contribution in [0.3, 0.4) is 0 Å². The highest BCUT2D eigenvalue weighted by molar-refractivity contribution is 5.86. The van der Waals surface area contributed by atoms with Crippen LogP contribution in [-0.2, 0) is 22.4 Å². The Morgan fingerprint density at radius 2 is 1.30 bits per heavy atom. The van der Waals surface area contributed by atoms with E-state index in [0.29, 0.717) is 12.8 Å². The molecule has 0 saturated heterocycles. The molecule has 11 heteroatoms. The van der Waals surface area contributed by atoms with E-state index in [-0.39, 0.29) is 13.1 Å². The van der Waals surface area contributed by atoms with Crippen molar-refractivity contribution in [3.63, 3.8) is 0 Å². The number of aliphatic hydroxyl groups is 2. The lowest BCUT2D eigenvalue weighted by atomic mass is 9.85. The van der Waals surface area contributed by atoms with Crippen molar-refractivity contribution in [1.82, 2.24) is 20.9 Å². The molecule has 5 atom stereocenters. The van der Waals surface area contributed by atoms with Crippen LogP contribution in [0.15, 0.2) is 60.7 Å². The van der Waals surface area contributed by atoms with Gasteiger partial charge in [0.2, 0.25) is 5.91 Å². The number of hydrogen-bond donors (Lipinski definition) is 6. The Balaban J connectivity index is 2.21. The maximum Gasteiger partial charge on any atom is 0.408 e. The standard InChI is InChI=1S/C33H50N4O7/c1-32(2,3)28(36-30(41)44-7)29(40)35-24(18-22-14-10-8-11-15-22)26(38)20-34-21-27(39)25(19-23-16-12-9-13-17-23)37(31(42)43)33(4,5)6/h8-17,24-28,34,38-39H,18-21H2,1-7H3,(H,35,40)(H,36,41)(H,42,43)/t24-,25-,26+,27+,28?/m0/s1. The van der Waals surface area contributed by atoms with E-state index in [1.54, 1.807) is 20.8 Å². The van der Waals surface area contributed by atoms with Crippen LogP contribution in [0.25, 0.3) is 0 Å². The molecular weight excluding hydrogens is 564 g/mol. The van der Waals surface area contributed by atoms with Gasteiger partial charge in [0.05, 0.1) is 31.4 Å². The number of rotatable bonds is 14. The first kappa shape index (κ1) is 36.5. The van der Waals surface area contributed by atoms with Gasteiger partial charge in [-0.3, -0.25) is 9.69 Å². The van der Waals surface area contributed by atoms with E-state index in [2.05, 4.69) is 16.0 Å². The van der Waals surface area contributed by atoms with Gasteiger partial charge in [-0.25, -0.2) is 9.59 Å². The molecule has 3 amide bonds. The molecule has 0 radical (unpaired) electrons. The summed E-state index contributed by atoms with van der Waals surface area (Å²) >= 11 is 0. The second-order valence-corrected chi connectivity index (χ2v) is 13.1. The number of ether oxygens (including phenoxy) is 1. The maximum absolute atomic E-state index is 13.4. The van der Waals surface area contributed by atoms with Gasteiger partial charge < -0.3 is 36.0 Å². The average Bonchev–Trinajstić information content (AvgIpc) is 2.94. The molecule has 0 aliphatic rings. The minimum absolute atomic E-state index is 0.000100. The molecule has 2 aromatic rings. The zero-order valence-corrected chi connectivity index (χ0v) is 26.9. The van der Waals surface area contributed by atoms with Gasteiger partial charge in [-0.1, -0.05) is 81.4 Å². The highest BCUT2D eigenvalue weighted by atomic mass is 16.5. The Labute approximate surface area is 261 Å². The summed E-state index contributed by atoms with van der Waals surface area (Å²) in [5.74, 6) is -0.479. The van der Waals surface area contributed by atoms with Crippen LogP contribution in [0.5, 0.6) is 0 Å². The van der Waals surface area contributed by atoms with E-state index in [4.69, 9.17) is 4.74 Å². The Hall–Kier alpha value is -3.67. The molecule has 0 heterocycles. The topological polar surface area (TPSA) is 160 Å². The molecule has 2 aromatic carbocycles. The minimum Gasteiger partial charge on any atom is -0.465 e. The van der Waals surface area contributed by atoms with Crippen molar-refractivity contribution in [2.45, 2.75) is 90.3 Å². The number of nitrogens with zero attached hydrogens (tertiary/aromatic N) is 1. The zero-order chi connectivity index (χ0) is 33.1. The molecule has 1 unspecified atom stereocenters. The Morgan fingerprint density at radius 1 is 0.795 bits per heavy atom. The van der Waals surface area contributed by atoms with E-state index in [0.717, 1.165) is 11.1 Å². The summed E-state index contributed by atoms with van der Waals surface area (Å²) in [4.78, 5) is 39.0. The molecule has 244 valence electrons. The normalized spacial score (nSPS) is 15.3. The monoisotopic (exact) mass is 614 g/mol. The summed E-state index contributed by atoms with van der Waals surface area (Å²) in [5, 5.41) is 41.2. The molecule has 11 nitrogen and oxygen atoms in total. The molecule has 0 aliphatic carbocycles. The number of benzene rings is 2. The number of carbonyl (C=O) groups is 3. The van der Waals surface area contributed by atoms with Crippen molar-refractivity contribution in [2.24, 2.45) is 5.41 Å². The van der Waals surface area contributed by atoms with Gasteiger partial charge in [-0.2, -0.15) is 0 Å². The third-order valence-electron chi connectivity index (χ3n) is 7.37. The molecule has 0 saturated carbocycles. The predicted molar refractivity (Wildman–Crippen MR) is 169 cm³/mol. The fourth-order valence-electron chi connectivity index (χ4n) is 5.11. The van der Waals surface area contributed by atoms with Crippen LogP contribution in [-0.4, -0.2) is 94.4 Å². The summed E-state index contributed by atoms with van der Waals surface area (Å²) < 4.78 is 4.71. The number of amides is 3. The van der Waals surface area contributed by atoms with E-state index >= 15 is 0 Å². The fraction of sp³-hybridized carbons (Fsp3) is 0.545. The van der Waals surface area contributed by atoms with Crippen LogP contribution in [0.1, 0.15) is 52.7 Å². The number of aliphatic hydroxyl groups excluding tert-OH is 2. The van der Waals surface area contributed by atoms with Crippen LogP contribution in [0.2, 0.25) is 0 Å². The van der Waals surface area contributed by atoms with Crippen molar-refractivity contribution in [2.75, 3.05) is 20.2 Å². The summed E-state index contributed by atoms with van der Waals surface area (Å²) in [6.45, 7) is 10.8. The van der Waals surface area contributed by atoms with Crippen LogP contribution < -0.4 is 16.0 Å². The highest BCUT2D eigenvalue weighted by Crippen LogP contribution is 2.23. The predicted octanol–water partition coefficient (Wildman–Crippen LogP) is 3.19. The molecular formula is C33H50N4O7. The number of nitrogens with one attached hydrogen (secondary N) is 3. The van der Waals surface area contributed by atoms with Crippen LogP contribution in [0, 0.1) is 5.41 Å². The third-order valence-corrected chi connectivity index (χ3v) is 7.37. The summed E-state index contributed by atoms with van der Waals surface area (Å²) in [5.41, 5.74) is 0.334. The van der Waals surface area contributed by atoms with E-state index in [1.807, 2.05) is 81.4 Å². The van der Waals surface area contributed by atoms with Crippen molar-refractivity contribution in [3.05, 3.63) is 71.8 Å². The fourth-order valence-corrected chi connectivity index (χ4v) is 5.11. The lowest BCUT2D eigenvalue weighted by molar-refractivity contribution is -0.127. The van der Waals surface area contributed by atoms with Gasteiger partial charge in [-0.15, -0.1) is 0 Å². The maximum atomic E-state index is 13.4. The Kier molecular flexibility index (Phi) is 13.6. The van der Waals surface area contributed by atoms with E-state index in [9.17, 15) is 29.7 Å². The van der Waals surface area contributed by atoms with Gasteiger partial charge in [0.1, 0.15) is 6.04 Å². The molecule has 2 rings (SSSR count). The van der Waals surface area contributed by atoms with Crippen molar-refractivity contribution < 1.29 is 34.4 Å². The lowest BCUT2D eigenvalue weighted by Gasteiger charge is -2.42. The number of carboxylic acid groups (broad SMARTS) is 1.